The standard InChI is InChI=1S/C25H29N3O4/c1-16-5-7-17(8-6-16)22-14-21(20-12-11-19(31-3)13-23(20)32-4)26-28(22)24(29)15-27(2)25(30)18-9-10-18/h5-8,11-13,18,22H,9-10,14-15H2,1-4H3/t22-/m1/s1. The van der Waals surface area contributed by atoms with Crippen LogP contribution in [0, 0.1) is 12.8 Å². The number of hydrogen-bond donors (Lipinski definition) is 0. The molecule has 4 rings (SSSR count). The van der Waals surface area contributed by atoms with Crippen LogP contribution in [-0.2, 0) is 9.59 Å². The average Bonchev–Trinajstić information content (AvgIpc) is 3.56. The summed E-state index contributed by atoms with van der Waals surface area (Å²) >= 11 is 0. The van der Waals surface area contributed by atoms with Crippen molar-refractivity contribution in [2.24, 2.45) is 11.0 Å². The molecule has 1 aliphatic carbocycles. The number of hydrogen-bond acceptors (Lipinski definition) is 5. The molecule has 2 aromatic rings. The van der Waals surface area contributed by atoms with Crippen molar-refractivity contribution in [1.82, 2.24) is 9.91 Å². The van der Waals surface area contributed by atoms with Crippen molar-refractivity contribution in [3.8, 4) is 11.5 Å². The molecule has 1 aliphatic heterocycles. The van der Waals surface area contributed by atoms with Gasteiger partial charge in [0.2, 0.25) is 5.91 Å². The van der Waals surface area contributed by atoms with E-state index in [1.54, 1.807) is 21.3 Å². The van der Waals surface area contributed by atoms with Gasteiger partial charge in [-0.2, -0.15) is 5.10 Å². The van der Waals surface area contributed by atoms with Crippen LogP contribution >= 0.6 is 0 Å². The van der Waals surface area contributed by atoms with Gasteiger partial charge in [-0.3, -0.25) is 9.59 Å². The third-order valence-electron chi connectivity index (χ3n) is 6.02. The van der Waals surface area contributed by atoms with Crippen LogP contribution in [-0.4, -0.2) is 55.2 Å². The molecular weight excluding hydrogens is 406 g/mol. The summed E-state index contributed by atoms with van der Waals surface area (Å²) in [7, 11) is 4.90. The molecule has 168 valence electrons. The van der Waals surface area contributed by atoms with Crippen LogP contribution in [0.2, 0.25) is 0 Å². The number of carbonyl (C=O) groups is 2. The van der Waals surface area contributed by atoms with E-state index in [4.69, 9.17) is 14.6 Å². The van der Waals surface area contributed by atoms with Gasteiger partial charge in [-0.05, 0) is 37.5 Å². The van der Waals surface area contributed by atoms with Crippen molar-refractivity contribution < 1.29 is 19.1 Å². The zero-order chi connectivity index (χ0) is 22.8. The Morgan fingerprint density at radius 2 is 1.81 bits per heavy atom. The monoisotopic (exact) mass is 435 g/mol. The Hall–Kier alpha value is -3.35. The Balaban J connectivity index is 1.64. The molecule has 2 aromatic carbocycles. The van der Waals surface area contributed by atoms with Crippen LogP contribution in [0.1, 0.15) is 42.0 Å². The maximum Gasteiger partial charge on any atom is 0.262 e. The van der Waals surface area contributed by atoms with Gasteiger partial charge in [0, 0.05) is 31.0 Å². The summed E-state index contributed by atoms with van der Waals surface area (Å²) in [6.07, 6.45) is 2.37. The molecule has 1 saturated carbocycles. The molecule has 2 aliphatic rings. The summed E-state index contributed by atoms with van der Waals surface area (Å²) in [6, 6.07) is 13.5. The summed E-state index contributed by atoms with van der Waals surface area (Å²) < 4.78 is 10.9. The molecule has 0 saturated heterocycles. The highest BCUT2D eigenvalue weighted by Gasteiger charge is 2.37. The second-order valence-corrected chi connectivity index (χ2v) is 8.45. The van der Waals surface area contributed by atoms with E-state index in [2.05, 4.69) is 0 Å². The maximum atomic E-state index is 13.3. The Bertz CT molecular complexity index is 1040. The van der Waals surface area contributed by atoms with Crippen LogP contribution < -0.4 is 9.47 Å². The Kier molecular flexibility index (Phi) is 6.17. The molecule has 2 amide bonds. The van der Waals surface area contributed by atoms with Crippen LogP contribution in [0.5, 0.6) is 11.5 Å². The van der Waals surface area contributed by atoms with E-state index < -0.39 is 0 Å². The summed E-state index contributed by atoms with van der Waals surface area (Å²) in [6.45, 7) is 2.04. The van der Waals surface area contributed by atoms with Crippen molar-refractivity contribution >= 4 is 17.5 Å². The van der Waals surface area contributed by atoms with E-state index in [1.165, 1.54) is 9.91 Å². The molecular formula is C25H29N3O4. The number of ether oxygens (including phenoxy) is 2. The van der Waals surface area contributed by atoms with E-state index in [1.807, 2.05) is 49.4 Å². The first-order valence-electron chi connectivity index (χ1n) is 10.8. The second-order valence-electron chi connectivity index (χ2n) is 8.45. The molecule has 1 fully saturated rings. The van der Waals surface area contributed by atoms with Gasteiger partial charge >= 0.3 is 0 Å². The molecule has 1 atom stereocenters. The Labute approximate surface area is 188 Å². The Morgan fingerprint density at radius 3 is 2.44 bits per heavy atom. The second kappa shape index (κ2) is 9.02. The number of amides is 2. The van der Waals surface area contributed by atoms with Gasteiger partial charge in [0.05, 0.1) is 26.0 Å². The SMILES string of the molecule is COc1ccc(C2=NN(C(=O)CN(C)C(=O)C3CC3)[C@@H](c3ccc(C)cc3)C2)c(OC)c1. The zero-order valence-electron chi connectivity index (χ0n) is 19.0. The van der Waals surface area contributed by atoms with Crippen molar-refractivity contribution in [3.63, 3.8) is 0 Å². The van der Waals surface area contributed by atoms with Gasteiger partial charge in [0.25, 0.3) is 5.91 Å². The number of methoxy groups -OCH3 is 2. The smallest absolute Gasteiger partial charge is 0.262 e. The van der Waals surface area contributed by atoms with Crippen LogP contribution in [0.15, 0.2) is 47.6 Å². The van der Waals surface area contributed by atoms with Crippen molar-refractivity contribution in [2.75, 3.05) is 27.8 Å². The molecule has 0 N–H and O–H groups in total. The van der Waals surface area contributed by atoms with E-state index in [0.717, 1.165) is 35.2 Å². The minimum absolute atomic E-state index is 0.00816. The number of benzene rings is 2. The fourth-order valence-corrected chi connectivity index (χ4v) is 3.98. The molecule has 0 aromatic heterocycles. The third-order valence-corrected chi connectivity index (χ3v) is 6.02. The lowest BCUT2D eigenvalue weighted by atomic mass is 9.97. The van der Waals surface area contributed by atoms with Gasteiger partial charge in [-0.1, -0.05) is 29.8 Å². The van der Waals surface area contributed by atoms with Gasteiger partial charge in [0.15, 0.2) is 0 Å². The molecule has 0 spiro atoms. The molecule has 32 heavy (non-hydrogen) atoms. The van der Waals surface area contributed by atoms with Gasteiger partial charge < -0.3 is 14.4 Å². The highest BCUT2D eigenvalue weighted by Crippen LogP contribution is 2.36. The number of nitrogens with zero attached hydrogens (tertiary/aromatic N) is 3. The first kappa shape index (κ1) is 21.9. The normalized spacial score (nSPS) is 17.7. The van der Waals surface area contributed by atoms with Gasteiger partial charge in [-0.15, -0.1) is 0 Å². The van der Waals surface area contributed by atoms with E-state index >= 15 is 0 Å². The molecule has 0 unspecified atom stereocenters. The summed E-state index contributed by atoms with van der Waals surface area (Å²) in [5.41, 5.74) is 3.74. The number of rotatable bonds is 7. The lowest BCUT2D eigenvalue weighted by Gasteiger charge is -2.25. The third kappa shape index (κ3) is 4.47. The summed E-state index contributed by atoms with van der Waals surface area (Å²) in [5, 5.41) is 6.25. The predicted molar refractivity (Wildman–Crippen MR) is 122 cm³/mol. The molecule has 7 nitrogen and oxygen atoms in total. The fourth-order valence-electron chi connectivity index (χ4n) is 3.98. The van der Waals surface area contributed by atoms with Crippen molar-refractivity contribution in [3.05, 3.63) is 59.2 Å². The largest absolute Gasteiger partial charge is 0.497 e. The quantitative estimate of drug-likeness (QED) is 0.667. The first-order valence-corrected chi connectivity index (χ1v) is 10.8. The minimum atomic E-state index is -0.241. The molecule has 7 heteroatoms. The number of likely N-dealkylation sites (N-methyl/N-ethyl adjacent to an activating group) is 1. The van der Waals surface area contributed by atoms with Crippen LogP contribution in [0.3, 0.4) is 0 Å². The highest BCUT2D eigenvalue weighted by molar-refractivity contribution is 6.05. The lowest BCUT2D eigenvalue weighted by Crippen LogP contribution is -2.39. The van der Waals surface area contributed by atoms with E-state index in [0.29, 0.717) is 17.9 Å². The van der Waals surface area contributed by atoms with Crippen LogP contribution in [0.4, 0.5) is 0 Å². The number of aryl methyl sites for hydroxylation is 1. The molecule has 1 heterocycles. The number of hydrazone groups is 1. The molecule has 0 radical (unpaired) electrons. The van der Waals surface area contributed by atoms with Gasteiger partial charge in [0.1, 0.15) is 18.0 Å². The minimum Gasteiger partial charge on any atom is -0.497 e. The zero-order valence-corrected chi connectivity index (χ0v) is 19.0. The fraction of sp³-hybridized carbons (Fsp3) is 0.400. The summed E-state index contributed by atoms with van der Waals surface area (Å²) in [4.78, 5) is 27.1. The maximum absolute atomic E-state index is 13.3. The molecule has 0 bridgehead atoms. The predicted octanol–water partition coefficient (Wildman–Crippen LogP) is 3.56. The van der Waals surface area contributed by atoms with Crippen molar-refractivity contribution in [1.29, 1.82) is 0 Å². The van der Waals surface area contributed by atoms with Crippen molar-refractivity contribution in [2.45, 2.75) is 32.2 Å². The number of carbonyl (C=O) groups excluding carboxylic acids is 2. The van der Waals surface area contributed by atoms with E-state index in [9.17, 15) is 9.59 Å². The Morgan fingerprint density at radius 1 is 1.09 bits per heavy atom. The highest BCUT2D eigenvalue weighted by atomic mass is 16.5. The average molecular weight is 436 g/mol. The van der Waals surface area contributed by atoms with Gasteiger partial charge in [-0.25, -0.2) is 5.01 Å². The van der Waals surface area contributed by atoms with E-state index in [-0.39, 0.29) is 30.3 Å². The van der Waals surface area contributed by atoms with Crippen LogP contribution in [0.25, 0.3) is 0 Å². The summed E-state index contributed by atoms with van der Waals surface area (Å²) in [5.74, 6) is 1.23. The first-order chi connectivity index (χ1) is 15.4. The lowest BCUT2D eigenvalue weighted by molar-refractivity contribution is -0.141. The topological polar surface area (TPSA) is 71.4 Å².